The van der Waals surface area contributed by atoms with Gasteiger partial charge < -0.3 is 4.90 Å². The summed E-state index contributed by atoms with van der Waals surface area (Å²) >= 11 is 0. The minimum absolute atomic E-state index is 0.0306. The summed E-state index contributed by atoms with van der Waals surface area (Å²) in [4.78, 5) is 16.3. The molecule has 2 amide bonds. The van der Waals surface area contributed by atoms with Gasteiger partial charge in [0, 0.05) is 12.2 Å². The summed E-state index contributed by atoms with van der Waals surface area (Å²) < 4.78 is 37.6. The van der Waals surface area contributed by atoms with E-state index in [1.807, 2.05) is 31.2 Å². The smallest absolute Gasteiger partial charge is 0.314 e. The van der Waals surface area contributed by atoms with Crippen molar-refractivity contribution in [3.8, 4) is 0 Å². The van der Waals surface area contributed by atoms with E-state index in [1.165, 1.54) is 12.1 Å². The maximum atomic E-state index is 13.1. The quantitative estimate of drug-likeness (QED) is 0.777. The first-order valence-corrected chi connectivity index (χ1v) is 10.3. The second-order valence-corrected chi connectivity index (χ2v) is 9.11. The van der Waals surface area contributed by atoms with E-state index in [1.54, 1.807) is 21.9 Å². The first-order chi connectivity index (χ1) is 12.3. The van der Waals surface area contributed by atoms with Crippen molar-refractivity contribution in [3.05, 3.63) is 65.5 Å². The zero-order chi connectivity index (χ0) is 18.5. The third-order valence-electron chi connectivity index (χ3n) is 5.06. The number of urea groups is 1. The number of hydrogen-bond acceptors (Lipinski definition) is 3. The van der Waals surface area contributed by atoms with E-state index >= 15 is 0 Å². The van der Waals surface area contributed by atoms with Crippen LogP contribution in [0.15, 0.2) is 48.5 Å². The Morgan fingerprint density at radius 3 is 2.27 bits per heavy atom. The Kier molecular flexibility index (Phi) is 3.99. The summed E-state index contributed by atoms with van der Waals surface area (Å²) in [5, 5.41) is 0. The number of carbonyl (C=O) groups is 1. The number of sulfone groups is 1. The lowest BCUT2D eigenvalue weighted by molar-refractivity contribution is 0.206. The highest BCUT2D eigenvalue weighted by Gasteiger charge is 2.53. The Morgan fingerprint density at radius 2 is 1.62 bits per heavy atom. The van der Waals surface area contributed by atoms with Crippen LogP contribution >= 0.6 is 0 Å². The molecule has 136 valence electrons. The predicted octanol–water partition coefficient (Wildman–Crippen LogP) is 2.74. The molecular formula is C19H19FN2O3S. The zero-order valence-corrected chi connectivity index (χ0v) is 15.1. The average Bonchev–Trinajstić information content (AvgIpc) is 3.02. The van der Waals surface area contributed by atoms with Gasteiger partial charge in [-0.25, -0.2) is 17.6 Å². The summed E-state index contributed by atoms with van der Waals surface area (Å²) in [5.41, 5.74) is 2.54. The lowest BCUT2D eigenvalue weighted by Gasteiger charge is -2.22. The highest BCUT2D eigenvalue weighted by atomic mass is 32.2. The van der Waals surface area contributed by atoms with Crippen LogP contribution in [0, 0.1) is 12.7 Å². The molecule has 4 rings (SSSR count). The van der Waals surface area contributed by atoms with Crippen molar-refractivity contribution < 1.29 is 17.6 Å². The van der Waals surface area contributed by atoms with Crippen molar-refractivity contribution in [2.75, 3.05) is 16.4 Å². The number of hydrogen-bond donors (Lipinski definition) is 0. The highest BCUT2D eigenvalue weighted by molar-refractivity contribution is 7.91. The van der Waals surface area contributed by atoms with Crippen LogP contribution in [0.3, 0.4) is 0 Å². The van der Waals surface area contributed by atoms with Gasteiger partial charge in [0.1, 0.15) is 5.82 Å². The minimum atomic E-state index is -3.21. The van der Waals surface area contributed by atoms with E-state index in [0.29, 0.717) is 5.69 Å². The van der Waals surface area contributed by atoms with Gasteiger partial charge in [-0.2, -0.15) is 0 Å². The molecule has 0 bridgehead atoms. The standard InChI is InChI=1S/C19H19FN2O3S/c1-13-2-8-16(9-3-13)22-18-12-26(24,25)11-17(18)21(19(22)23)10-14-4-6-15(20)7-5-14/h2-9,17-18H,10-12H2,1H3. The largest absolute Gasteiger partial charge is 0.325 e. The van der Waals surface area contributed by atoms with Crippen molar-refractivity contribution in [2.24, 2.45) is 0 Å². The van der Waals surface area contributed by atoms with E-state index in [4.69, 9.17) is 0 Å². The molecule has 2 fully saturated rings. The molecule has 0 aromatic heterocycles. The third kappa shape index (κ3) is 2.96. The number of halogens is 1. The molecule has 2 heterocycles. The molecule has 2 atom stereocenters. The fraction of sp³-hybridized carbons (Fsp3) is 0.316. The Bertz CT molecular complexity index is 942. The molecule has 7 heteroatoms. The molecular weight excluding hydrogens is 355 g/mol. The summed E-state index contributed by atoms with van der Waals surface area (Å²) in [5.74, 6) is -0.409. The fourth-order valence-electron chi connectivity index (χ4n) is 3.76. The van der Waals surface area contributed by atoms with Crippen molar-refractivity contribution in [2.45, 2.75) is 25.6 Å². The molecule has 0 N–H and O–H groups in total. The summed E-state index contributed by atoms with van der Waals surface area (Å²) in [6, 6.07) is 12.4. The monoisotopic (exact) mass is 374 g/mol. The second-order valence-electron chi connectivity index (χ2n) is 6.95. The van der Waals surface area contributed by atoms with Crippen molar-refractivity contribution in [1.29, 1.82) is 0 Å². The Balaban J connectivity index is 1.69. The number of amides is 2. The molecule has 2 aliphatic rings. The third-order valence-corrected chi connectivity index (χ3v) is 6.75. The van der Waals surface area contributed by atoms with Gasteiger partial charge in [0.25, 0.3) is 0 Å². The fourth-order valence-corrected chi connectivity index (χ4v) is 5.71. The number of benzene rings is 2. The average molecular weight is 374 g/mol. The molecule has 2 aromatic carbocycles. The van der Waals surface area contributed by atoms with Crippen LogP contribution in [0.25, 0.3) is 0 Å². The number of nitrogens with zero attached hydrogens (tertiary/aromatic N) is 2. The maximum Gasteiger partial charge on any atom is 0.325 e. The van der Waals surface area contributed by atoms with Gasteiger partial charge in [-0.1, -0.05) is 29.8 Å². The first kappa shape index (κ1) is 17.0. The summed E-state index contributed by atoms with van der Waals surface area (Å²) in [7, 11) is -3.21. The van der Waals surface area contributed by atoms with Crippen LogP contribution in [0.1, 0.15) is 11.1 Å². The molecule has 5 nitrogen and oxygen atoms in total. The molecule has 0 spiro atoms. The van der Waals surface area contributed by atoms with Crippen molar-refractivity contribution in [3.63, 3.8) is 0 Å². The molecule has 0 radical (unpaired) electrons. The van der Waals surface area contributed by atoms with Gasteiger partial charge in [-0.3, -0.25) is 4.90 Å². The van der Waals surface area contributed by atoms with E-state index in [-0.39, 0.29) is 35.9 Å². The number of fused-ring (bicyclic) bond motifs is 1. The van der Waals surface area contributed by atoms with E-state index in [2.05, 4.69) is 0 Å². The number of carbonyl (C=O) groups excluding carboxylic acids is 1. The Hall–Kier alpha value is -2.41. The minimum Gasteiger partial charge on any atom is -0.314 e. The van der Waals surface area contributed by atoms with E-state index in [9.17, 15) is 17.6 Å². The van der Waals surface area contributed by atoms with Gasteiger partial charge in [0.2, 0.25) is 0 Å². The second kappa shape index (κ2) is 6.09. The topological polar surface area (TPSA) is 57.7 Å². The normalized spacial score (nSPS) is 24.2. The van der Waals surface area contributed by atoms with Crippen molar-refractivity contribution in [1.82, 2.24) is 4.90 Å². The van der Waals surface area contributed by atoms with Gasteiger partial charge >= 0.3 is 6.03 Å². The lowest BCUT2D eigenvalue weighted by Crippen LogP contribution is -2.37. The lowest BCUT2D eigenvalue weighted by atomic mass is 10.1. The molecule has 0 saturated carbocycles. The zero-order valence-electron chi connectivity index (χ0n) is 14.3. The number of rotatable bonds is 3. The van der Waals surface area contributed by atoms with Crippen LogP contribution in [-0.4, -0.2) is 42.9 Å². The maximum absolute atomic E-state index is 13.1. The van der Waals surface area contributed by atoms with E-state index < -0.39 is 15.9 Å². The van der Waals surface area contributed by atoms with Gasteiger partial charge in [0.15, 0.2) is 9.84 Å². The first-order valence-electron chi connectivity index (χ1n) is 8.45. The molecule has 26 heavy (non-hydrogen) atoms. The van der Waals surface area contributed by atoms with Crippen LogP contribution < -0.4 is 4.90 Å². The van der Waals surface area contributed by atoms with Gasteiger partial charge in [0.05, 0.1) is 23.6 Å². The Labute approximate surface area is 152 Å². The summed E-state index contributed by atoms with van der Waals surface area (Å²) in [6.45, 7) is 2.22. The molecule has 2 aliphatic heterocycles. The molecule has 2 unspecified atom stereocenters. The highest BCUT2D eigenvalue weighted by Crippen LogP contribution is 2.36. The summed E-state index contributed by atoms with van der Waals surface area (Å²) in [6.07, 6.45) is 0. The molecule has 2 saturated heterocycles. The van der Waals surface area contributed by atoms with E-state index in [0.717, 1.165) is 11.1 Å². The van der Waals surface area contributed by atoms with Gasteiger partial charge in [-0.15, -0.1) is 0 Å². The molecule has 2 aromatic rings. The number of aryl methyl sites for hydroxylation is 1. The SMILES string of the molecule is Cc1ccc(N2C(=O)N(Cc3ccc(F)cc3)C3CS(=O)(=O)CC32)cc1. The van der Waals surface area contributed by atoms with Crippen LogP contribution in [0.5, 0.6) is 0 Å². The van der Waals surface area contributed by atoms with Crippen LogP contribution in [0.2, 0.25) is 0 Å². The number of anilines is 1. The molecule has 0 aliphatic carbocycles. The van der Waals surface area contributed by atoms with Crippen LogP contribution in [-0.2, 0) is 16.4 Å². The van der Waals surface area contributed by atoms with Crippen molar-refractivity contribution >= 4 is 21.6 Å². The Morgan fingerprint density at radius 1 is 1.00 bits per heavy atom. The predicted molar refractivity (Wildman–Crippen MR) is 97.2 cm³/mol. The van der Waals surface area contributed by atoms with Gasteiger partial charge in [-0.05, 0) is 36.8 Å². The van der Waals surface area contributed by atoms with Crippen LogP contribution in [0.4, 0.5) is 14.9 Å².